The molecule has 1 aliphatic carbocycles. The summed E-state index contributed by atoms with van der Waals surface area (Å²) in [4.78, 5) is 39.1. The van der Waals surface area contributed by atoms with E-state index in [1.54, 1.807) is 23.1 Å². The molecule has 0 spiro atoms. The fourth-order valence-electron chi connectivity index (χ4n) is 4.08. The molecule has 0 saturated carbocycles. The van der Waals surface area contributed by atoms with Gasteiger partial charge in [0.25, 0.3) is 0 Å². The molecule has 1 aromatic rings. The Morgan fingerprint density at radius 1 is 1.35 bits per heavy atom. The number of carbonyl (C=O) groups excluding carboxylic acids is 3. The Morgan fingerprint density at radius 3 is 2.68 bits per heavy atom. The van der Waals surface area contributed by atoms with E-state index in [-0.39, 0.29) is 31.9 Å². The number of aldehydes is 1. The Bertz CT molecular complexity index is 995. The van der Waals surface area contributed by atoms with Crippen LogP contribution in [0.4, 0.5) is 0 Å². The number of benzene rings is 1. The number of nitrogens with one attached hydrogen (secondary N) is 1. The molecule has 3 N–H and O–H groups in total. The van der Waals surface area contributed by atoms with Crippen molar-refractivity contribution in [3.63, 3.8) is 0 Å². The number of hydrogen-bond donors (Lipinski definition) is 3. The lowest BCUT2D eigenvalue weighted by Crippen LogP contribution is -2.55. The molecule has 0 aliphatic heterocycles. The maximum atomic E-state index is 13.2. The first-order chi connectivity index (χ1) is 17.7. The molecule has 204 valence electrons. The van der Waals surface area contributed by atoms with Gasteiger partial charge in [0, 0.05) is 37.1 Å². The molecule has 9 nitrogen and oxygen atoms in total. The summed E-state index contributed by atoms with van der Waals surface area (Å²) in [6.45, 7) is 8.08. The summed E-state index contributed by atoms with van der Waals surface area (Å²) in [5.41, 5.74) is 0.751. The monoisotopic (exact) mass is 628 g/mol. The first-order valence-electron chi connectivity index (χ1n) is 12.3. The van der Waals surface area contributed by atoms with Crippen molar-refractivity contribution in [1.82, 2.24) is 10.2 Å². The number of nitrogens with zero attached hydrogens (tertiary/aromatic N) is 1. The van der Waals surface area contributed by atoms with Gasteiger partial charge in [-0.1, -0.05) is 19.9 Å². The molecule has 0 aromatic heterocycles. The molecule has 1 aromatic carbocycles. The SMILES string of the molecule is C=CCCC(=O)N(CCC(C)C)C1CC(C(=O)NCCO)=CC(Oc2c(I)cc(C=O)cc2OC)C1O. The molecule has 0 radical (unpaired) electrons. The number of rotatable bonds is 14. The van der Waals surface area contributed by atoms with Crippen molar-refractivity contribution in [3.05, 3.63) is 45.6 Å². The summed E-state index contributed by atoms with van der Waals surface area (Å²) in [6, 6.07) is 2.45. The summed E-state index contributed by atoms with van der Waals surface area (Å²) < 4.78 is 12.2. The van der Waals surface area contributed by atoms with E-state index >= 15 is 0 Å². The van der Waals surface area contributed by atoms with Crippen LogP contribution in [0.2, 0.25) is 0 Å². The number of allylic oxidation sites excluding steroid dienone is 1. The zero-order valence-electron chi connectivity index (χ0n) is 21.6. The second-order valence-corrected chi connectivity index (χ2v) is 10.4. The molecule has 3 atom stereocenters. The molecule has 0 saturated heterocycles. The van der Waals surface area contributed by atoms with Crippen LogP contribution in [-0.2, 0) is 9.59 Å². The third-order valence-electron chi connectivity index (χ3n) is 6.09. The molecule has 1 aliphatic rings. The lowest BCUT2D eigenvalue weighted by molar-refractivity contribution is -0.138. The molecule has 3 unspecified atom stereocenters. The number of carbonyl (C=O) groups is 3. The zero-order valence-corrected chi connectivity index (χ0v) is 23.8. The van der Waals surface area contributed by atoms with Crippen molar-refractivity contribution in [2.45, 2.75) is 57.8 Å². The number of halogens is 1. The summed E-state index contributed by atoms with van der Waals surface area (Å²) in [6.07, 6.45) is 3.40. The van der Waals surface area contributed by atoms with Gasteiger partial charge < -0.3 is 29.9 Å². The number of aliphatic hydroxyl groups excluding tert-OH is 2. The van der Waals surface area contributed by atoms with E-state index < -0.39 is 24.2 Å². The van der Waals surface area contributed by atoms with Crippen LogP contribution >= 0.6 is 22.6 Å². The Labute approximate surface area is 232 Å². The van der Waals surface area contributed by atoms with Crippen LogP contribution in [0, 0.1) is 9.49 Å². The molecular weight excluding hydrogens is 591 g/mol. The van der Waals surface area contributed by atoms with Crippen molar-refractivity contribution in [1.29, 1.82) is 0 Å². The zero-order chi connectivity index (χ0) is 27.5. The van der Waals surface area contributed by atoms with Crippen LogP contribution in [0.25, 0.3) is 0 Å². The van der Waals surface area contributed by atoms with E-state index in [0.29, 0.717) is 51.4 Å². The van der Waals surface area contributed by atoms with Crippen LogP contribution in [0.5, 0.6) is 11.5 Å². The Hall–Kier alpha value is -2.44. The molecule has 0 heterocycles. The van der Waals surface area contributed by atoms with E-state index in [1.165, 1.54) is 13.2 Å². The summed E-state index contributed by atoms with van der Waals surface area (Å²) in [7, 11) is 1.45. The van der Waals surface area contributed by atoms with Gasteiger partial charge in [-0.15, -0.1) is 6.58 Å². The van der Waals surface area contributed by atoms with Gasteiger partial charge in [-0.2, -0.15) is 0 Å². The second-order valence-electron chi connectivity index (χ2n) is 9.26. The van der Waals surface area contributed by atoms with Gasteiger partial charge in [0.1, 0.15) is 18.5 Å². The maximum Gasteiger partial charge on any atom is 0.247 e. The minimum Gasteiger partial charge on any atom is -0.493 e. The fraction of sp³-hybridized carbons (Fsp3) is 0.519. The topological polar surface area (TPSA) is 125 Å². The molecule has 10 heteroatoms. The highest BCUT2D eigenvalue weighted by Crippen LogP contribution is 2.37. The van der Waals surface area contributed by atoms with Crippen molar-refractivity contribution >= 4 is 40.7 Å². The third kappa shape index (κ3) is 8.54. The average molecular weight is 629 g/mol. The third-order valence-corrected chi connectivity index (χ3v) is 6.89. The number of hydrogen-bond acceptors (Lipinski definition) is 7. The van der Waals surface area contributed by atoms with Crippen LogP contribution < -0.4 is 14.8 Å². The molecular formula is C27H37IN2O7. The van der Waals surface area contributed by atoms with Crippen LogP contribution in [0.1, 0.15) is 49.9 Å². The first-order valence-corrected chi connectivity index (χ1v) is 13.4. The largest absolute Gasteiger partial charge is 0.493 e. The Balaban J connectivity index is 2.50. The smallest absolute Gasteiger partial charge is 0.247 e. The van der Waals surface area contributed by atoms with Gasteiger partial charge in [-0.25, -0.2) is 0 Å². The van der Waals surface area contributed by atoms with Gasteiger partial charge in [-0.05, 0) is 59.6 Å². The predicted octanol–water partition coefficient (Wildman–Crippen LogP) is 2.87. The lowest BCUT2D eigenvalue weighted by Gasteiger charge is -2.41. The standard InChI is InChI=1S/C27H37IN2O7/c1-5-6-7-24(33)30(10-8-17(2)3)21-14-19(27(35)29-9-11-31)15-22(25(21)34)37-26-20(28)12-18(16-32)13-23(26)36-4/h5,12-13,15-17,21-22,25,31,34H,1,6-11,14H2,2-4H3,(H,29,35). The normalized spacial score (nSPS) is 19.1. The van der Waals surface area contributed by atoms with Crippen LogP contribution in [-0.4, -0.2) is 78.3 Å². The number of aliphatic hydroxyl groups is 2. The van der Waals surface area contributed by atoms with Crippen molar-refractivity contribution in [3.8, 4) is 11.5 Å². The van der Waals surface area contributed by atoms with Crippen LogP contribution in [0.3, 0.4) is 0 Å². The summed E-state index contributed by atoms with van der Waals surface area (Å²) in [5, 5.41) is 23.3. The quantitative estimate of drug-likeness (QED) is 0.165. The van der Waals surface area contributed by atoms with E-state index in [0.717, 1.165) is 6.42 Å². The number of ether oxygens (including phenoxy) is 2. The molecule has 0 bridgehead atoms. The lowest BCUT2D eigenvalue weighted by atomic mass is 9.87. The van der Waals surface area contributed by atoms with Gasteiger partial charge in [-0.3, -0.25) is 14.4 Å². The molecule has 0 fully saturated rings. The van der Waals surface area contributed by atoms with Gasteiger partial charge >= 0.3 is 0 Å². The summed E-state index contributed by atoms with van der Waals surface area (Å²) >= 11 is 2.02. The number of amides is 2. The van der Waals surface area contributed by atoms with E-state index in [2.05, 4.69) is 25.7 Å². The van der Waals surface area contributed by atoms with Crippen molar-refractivity contribution in [2.75, 3.05) is 26.8 Å². The van der Waals surface area contributed by atoms with Crippen molar-refractivity contribution in [2.24, 2.45) is 5.92 Å². The molecule has 37 heavy (non-hydrogen) atoms. The summed E-state index contributed by atoms with van der Waals surface area (Å²) in [5.74, 6) is 0.411. The fourth-order valence-corrected chi connectivity index (χ4v) is 4.83. The Morgan fingerprint density at radius 2 is 2.08 bits per heavy atom. The molecule has 2 rings (SSSR count). The van der Waals surface area contributed by atoms with E-state index in [9.17, 15) is 19.5 Å². The predicted molar refractivity (Wildman–Crippen MR) is 149 cm³/mol. The molecule has 2 amide bonds. The first kappa shape index (κ1) is 30.8. The second kappa shape index (κ2) is 15.1. The Kier molecular flexibility index (Phi) is 12.6. The van der Waals surface area contributed by atoms with E-state index in [4.69, 9.17) is 14.6 Å². The highest BCUT2D eigenvalue weighted by Gasteiger charge is 2.40. The maximum absolute atomic E-state index is 13.2. The van der Waals surface area contributed by atoms with Gasteiger partial charge in [0.15, 0.2) is 11.5 Å². The minimum absolute atomic E-state index is 0.0725. The van der Waals surface area contributed by atoms with E-state index in [1.807, 2.05) is 22.6 Å². The number of methoxy groups -OCH3 is 1. The van der Waals surface area contributed by atoms with Gasteiger partial charge in [0.2, 0.25) is 11.8 Å². The van der Waals surface area contributed by atoms with Crippen LogP contribution in [0.15, 0.2) is 36.4 Å². The van der Waals surface area contributed by atoms with Gasteiger partial charge in [0.05, 0.1) is 23.3 Å². The highest BCUT2D eigenvalue weighted by molar-refractivity contribution is 14.1. The highest BCUT2D eigenvalue weighted by atomic mass is 127. The minimum atomic E-state index is -1.14. The van der Waals surface area contributed by atoms with Crippen molar-refractivity contribution < 1.29 is 34.1 Å². The average Bonchev–Trinajstić information content (AvgIpc) is 2.88.